The van der Waals surface area contributed by atoms with Crippen LogP contribution in [0, 0.1) is 12.8 Å². The summed E-state index contributed by atoms with van der Waals surface area (Å²) in [4.78, 5) is 1.12. The van der Waals surface area contributed by atoms with Crippen molar-refractivity contribution in [3.63, 3.8) is 0 Å². The van der Waals surface area contributed by atoms with E-state index in [1.165, 1.54) is 11.3 Å². The Bertz CT molecular complexity index is 576. The predicted molar refractivity (Wildman–Crippen MR) is 88.2 cm³/mol. The molecule has 0 saturated heterocycles. The summed E-state index contributed by atoms with van der Waals surface area (Å²) < 4.78 is 27.5. The fraction of sp³-hybridized carbons (Fsp3) is 0.733. The number of hydrogen-bond acceptors (Lipinski definition) is 4. The van der Waals surface area contributed by atoms with Gasteiger partial charge in [0.05, 0.1) is 0 Å². The molecule has 1 atom stereocenters. The molecule has 1 saturated carbocycles. The molecule has 0 aliphatic heterocycles. The first-order valence-electron chi connectivity index (χ1n) is 7.66. The number of nitrogens with zero attached hydrogens (tertiary/aromatic N) is 1. The second kappa shape index (κ2) is 6.77. The van der Waals surface area contributed by atoms with E-state index in [9.17, 15) is 8.42 Å². The third-order valence-electron chi connectivity index (χ3n) is 4.22. The molecule has 0 spiro atoms. The van der Waals surface area contributed by atoms with Crippen LogP contribution >= 0.6 is 11.3 Å². The molecule has 1 heterocycles. The molecule has 0 bridgehead atoms. The molecule has 1 N–H and O–H groups in total. The van der Waals surface area contributed by atoms with Gasteiger partial charge in [-0.1, -0.05) is 6.92 Å². The molecule has 1 aliphatic rings. The highest BCUT2D eigenvalue weighted by Gasteiger charge is 2.36. The van der Waals surface area contributed by atoms with Crippen molar-refractivity contribution in [1.82, 2.24) is 9.62 Å². The first kappa shape index (κ1) is 16.9. The van der Waals surface area contributed by atoms with Crippen molar-refractivity contribution in [2.45, 2.75) is 56.8 Å². The summed E-state index contributed by atoms with van der Waals surface area (Å²) in [5.41, 5.74) is 1.06. The van der Waals surface area contributed by atoms with E-state index in [4.69, 9.17) is 0 Å². The number of aryl methyl sites for hydroxylation is 1. The van der Waals surface area contributed by atoms with Gasteiger partial charge in [0.1, 0.15) is 4.21 Å². The van der Waals surface area contributed by atoms with Crippen LogP contribution in [0.25, 0.3) is 0 Å². The first-order valence-corrected chi connectivity index (χ1v) is 9.91. The van der Waals surface area contributed by atoms with E-state index in [1.807, 2.05) is 19.9 Å². The Morgan fingerprint density at radius 1 is 1.48 bits per heavy atom. The van der Waals surface area contributed by atoms with Crippen LogP contribution in [0.15, 0.2) is 10.3 Å². The average Bonchev–Trinajstić information content (AvgIpc) is 3.22. The molecule has 0 aromatic carbocycles. The van der Waals surface area contributed by atoms with Crippen molar-refractivity contribution >= 4 is 21.4 Å². The zero-order valence-electron chi connectivity index (χ0n) is 13.3. The fourth-order valence-electron chi connectivity index (χ4n) is 2.41. The van der Waals surface area contributed by atoms with Gasteiger partial charge in [-0.25, -0.2) is 8.42 Å². The van der Waals surface area contributed by atoms with Crippen LogP contribution in [-0.2, 0) is 16.6 Å². The van der Waals surface area contributed by atoms with E-state index >= 15 is 0 Å². The number of nitrogens with one attached hydrogen (secondary N) is 1. The Morgan fingerprint density at radius 2 is 2.14 bits per heavy atom. The van der Waals surface area contributed by atoms with E-state index in [0.717, 1.165) is 42.8 Å². The Labute approximate surface area is 132 Å². The summed E-state index contributed by atoms with van der Waals surface area (Å²) in [6, 6.07) is 1.91. The molecule has 120 valence electrons. The van der Waals surface area contributed by atoms with Crippen LogP contribution in [0.4, 0.5) is 0 Å². The monoisotopic (exact) mass is 330 g/mol. The standard InChI is InChI=1S/C15H26N2O2S2/c1-5-8-16-10-14-11(2)9-15(20-14)21(18,19)17(4)12(3)13-6-7-13/h9,12-13,16H,5-8,10H2,1-4H3. The molecule has 0 radical (unpaired) electrons. The second-order valence-corrected chi connectivity index (χ2v) is 9.31. The Hall–Kier alpha value is -0.430. The van der Waals surface area contributed by atoms with Gasteiger partial charge < -0.3 is 5.32 Å². The van der Waals surface area contributed by atoms with Crippen molar-refractivity contribution in [2.24, 2.45) is 5.92 Å². The SMILES string of the molecule is CCCNCc1sc(S(=O)(=O)N(C)C(C)C2CC2)cc1C. The van der Waals surface area contributed by atoms with E-state index < -0.39 is 10.0 Å². The normalized spacial score (nSPS) is 17.4. The summed E-state index contributed by atoms with van der Waals surface area (Å²) in [5.74, 6) is 0.538. The van der Waals surface area contributed by atoms with E-state index in [2.05, 4.69) is 12.2 Å². The molecule has 4 nitrogen and oxygen atoms in total. The average molecular weight is 331 g/mol. The third-order valence-corrected chi connectivity index (χ3v) is 7.85. The van der Waals surface area contributed by atoms with Gasteiger partial charge in [0.2, 0.25) is 0 Å². The van der Waals surface area contributed by atoms with Crippen LogP contribution < -0.4 is 5.32 Å². The van der Waals surface area contributed by atoms with E-state index in [1.54, 1.807) is 11.4 Å². The summed E-state index contributed by atoms with van der Waals surface area (Å²) >= 11 is 1.40. The Morgan fingerprint density at radius 3 is 2.71 bits per heavy atom. The summed E-state index contributed by atoms with van der Waals surface area (Å²) in [6.45, 7) is 7.83. The highest BCUT2D eigenvalue weighted by molar-refractivity contribution is 7.91. The lowest BCUT2D eigenvalue weighted by Gasteiger charge is -2.23. The summed E-state index contributed by atoms with van der Waals surface area (Å²) in [7, 11) is -1.64. The highest BCUT2D eigenvalue weighted by Crippen LogP contribution is 2.37. The van der Waals surface area contributed by atoms with Gasteiger partial charge in [-0.3, -0.25) is 0 Å². The van der Waals surface area contributed by atoms with Gasteiger partial charge >= 0.3 is 0 Å². The van der Waals surface area contributed by atoms with Gasteiger partial charge in [-0.2, -0.15) is 4.31 Å². The minimum atomic E-state index is -3.35. The minimum absolute atomic E-state index is 0.0964. The number of thiophene rings is 1. The smallest absolute Gasteiger partial charge is 0.252 e. The Balaban J connectivity index is 2.14. The van der Waals surface area contributed by atoms with Gasteiger partial charge in [0.15, 0.2) is 0 Å². The van der Waals surface area contributed by atoms with Gasteiger partial charge in [0, 0.05) is 24.5 Å². The molecule has 1 aromatic rings. The zero-order chi connectivity index (χ0) is 15.6. The topological polar surface area (TPSA) is 49.4 Å². The molecule has 1 aromatic heterocycles. The van der Waals surface area contributed by atoms with E-state index in [0.29, 0.717) is 10.1 Å². The predicted octanol–water partition coefficient (Wildman–Crippen LogP) is 2.98. The molecule has 6 heteroatoms. The maximum Gasteiger partial charge on any atom is 0.252 e. The molecular formula is C15H26N2O2S2. The highest BCUT2D eigenvalue weighted by atomic mass is 32.2. The minimum Gasteiger partial charge on any atom is -0.312 e. The fourth-order valence-corrected chi connectivity index (χ4v) is 5.57. The quantitative estimate of drug-likeness (QED) is 0.746. The van der Waals surface area contributed by atoms with Crippen LogP contribution in [0.3, 0.4) is 0 Å². The molecule has 21 heavy (non-hydrogen) atoms. The second-order valence-electron chi connectivity index (χ2n) is 5.95. The third kappa shape index (κ3) is 3.86. The number of sulfonamides is 1. The summed E-state index contributed by atoms with van der Waals surface area (Å²) in [6.07, 6.45) is 3.38. The van der Waals surface area contributed by atoms with Crippen LogP contribution in [0.1, 0.15) is 43.6 Å². The maximum absolute atomic E-state index is 12.7. The first-order chi connectivity index (χ1) is 9.87. The molecule has 1 unspecified atom stereocenters. The Kier molecular flexibility index (Phi) is 5.46. The van der Waals surface area contributed by atoms with Gasteiger partial charge in [-0.05, 0) is 57.2 Å². The van der Waals surface area contributed by atoms with Crippen molar-refractivity contribution in [3.8, 4) is 0 Å². The van der Waals surface area contributed by atoms with Crippen LogP contribution in [0.2, 0.25) is 0 Å². The molecule has 0 amide bonds. The van der Waals surface area contributed by atoms with Crippen molar-refractivity contribution in [1.29, 1.82) is 0 Å². The number of rotatable bonds is 8. The van der Waals surface area contributed by atoms with Crippen molar-refractivity contribution in [3.05, 3.63) is 16.5 Å². The van der Waals surface area contributed by atoms with Crippen LogP contribution in [0.5, 0.6) is 0 Å². The van der Waals surface area contributed by atoms with Crippen molar-refractivity contribution < 1.29 is 8.42 Å². The lowest BCUT2D eigenvalue weighted by Crippen LogP contribution is -2.36. The zero-order valence-corrected chi connectivity index (χ0v) is 15.0. The molecular weight excluding hydrogens is 304 g/mol. The largest absolute Gasteiger partial charge is 0.312 e. The van der Waals surface area contributed by atoms with Crippen LogP contribution in [-0.4, -0.2) is 32.4 Å². The van der Waals surface area contributed by atoms with E-state index in [-0.39, 0.29) is 6.04 Å². The van der Waals surface area contributed by atoms with Gasteiger partial charge in [-0.15, -0.1) is 11.3 Å². The van der Waals surface area contributed by atoms with Gasteiger partial charge in [0.25, 0.3) is 10.0 Å². The number of hydrogen-bond donors (Lipinski definition) is 1. The maximum atomic E-state index is 12.7. The molecule has 1 aliphatic carbocycles. The van der Waals surface area contributed by atoms with Crippen molar-refractivity contribution in [2.75, 3.05) is 13.6 Å². The lowest BCUT2D eigenvalue weighted by atomic mass is 10.2. The molecule has 2 rings (SSSR count). The molecule has 1 fully saturated rings. The summed E-state index contributed by atoms with van der Waals surface area (Å²) in [5, 5.41) is 3.34. The lowest BCUT2D eigenvalue weighted by molar-refractivity contribution is 0.358.